The van der Waals surface area contributed by atoms with E-state index < -0.39 is 5.60 Å². The number of fused-ring (bicyclic) bond motifs is 10. The van der Waals surface area contributed by atoms with Gasteiger partial charge in [-0.1, -0.05) is 54.6 Å². The lowest BCUT2D eigenvalue weighted by Crippen LogP contribution is -2.20. The minimum atomic E-state index is -0.611. The molecule has 0 aliphatic carbocycles. The van der Waals surface area contributed by atoms with Crippen molar-refractivity contribution in [3.63, 3.8) is 0 Å². The number of aromatic nitrogens is 1. The van der Waals surface area contributed by atoms with Crippen LogP contribution in [0.25, 0.3) is 73.1 Å². The summed E-state index contributed by atoms with van der Waals surface area (Å²) >= 11 is 5.60. The van der Waals surface area contributed by atoms with Crippen LogP contribution < -0.4 is 0 Å². The van der Waals surface area contributed by atoms with Gasteiger partial charge in [-0.2, -0.15) is 10.5 Å². The largest absolute Gasteiger partial charge is 0.481 e. The Bertz CT molecular complexity index is 2640. The number of pyridine rings is 1. The van der Waals surface area contributed by atoms with E-state index in [1.165, 1.54) is 71.9 Å². The fraction of sp³-hybridized carbons (Fsp3) is 0.0857. The molecule has 0 unspecified atom stereocenters. The standard InChI is InChI=1S/C35H19N3OS3/c1-35(2)20(14-26(39-35)19(16-36)17-37)11-12-21-15-27-31(40-21)33-32(41-27)29-24-8-5-6-18-10-13-23-22-7-3-4-9-25(22)38(34(29)42-33)30(23)28(18)24/h3-15H,1-2H3/b12-11+. The van der Waals surface area contributed by atoms with Crippen LogP contribution in [0.15, 0.2) is 89.7 Å². The molecule has 42 heavy (non-hydrogen) atoms. The van der Waals surface area contributed by atoms with Gasteiger partial charge in [0.25, 0.3) is 0 Å². The molecule has 0 saturated carbocycles. The molecule has 3 aromatic carbocycles. The van der Waals surface area contributed by atoms with Crippen molar-refractivity contribution in [1.82, 2.24) is 4.40 Å². The number of ether oxygens (including phenoxy) is 1. The Labute approximate surface area is 251 Å². The molecule has 9 rings (SSSR count). The summed E-state index contributed by atoms with van der Waals surface area (Å²) in [5.41, 5.74) is 2.90. The van der Waals surface area contributed by atoms with Crippen LogP contribution in [0.1, 0.15) is 18.7 Å². The number of para-hydroxylation sites is 1. The van der Waals surface area contributed by atoms with Gasteiger partial charge in [0.1, 0.15) is 28.3 Å². The molecule has 198 valence electrons. The molecule has 5 aromatic heterocycles. The molecular formula is C35H19N3OS3. The minimum absolute atomic E-state index is 0.00208. The van der Waals surface area contributed by atoms with Crippen molar-refractivity contribution >= 4 is 107 Å². The summed E-state index contributed by atoms with van der Waals surface area (Å²) in [4.78, 5) is 2.47. The normalized spacial score (nSPS) is 15.2. The van der Waals surface area contributed by atoms with Crippen molar-refractivity contribution in [3.05, 3.63) is 94.6 Å². The maximum Gasteiger partial charge on any atom is 0.171 e. The number of hydrogen-bond donors (Lipinski definition) is 0. The van der Waals surface area contributed by atoms with Gasteiger partial charge in [0.2, 0.25) is 0 Å². The zero-order chi connectivity index (χ0) is 28.3. The van der Waals surface area contributed by atoms with E-state index in [4.69, 9.17) is 4.74 Å². The summed E-state index contributed by atoms with van der Waals surface area (Å²) in [6.07, 6.45) is 5.97. The maximum atomic E-state index is 9.28. The highest BCUT2D eigenvalue weighted by atomic mass is 32.1. The van der Waals surface area contributed by atoms with E-state index >= 15 is 0 Å². The van der Waals surface area contributed by atoms with Gasteiger partial charge >= 0.3 is 0 Å². The SMILES string of the molecule is CC1(C)OC(=C(C#N)C#N)C=C1/C=C/c1cc2sc3c(sc4c3c3cccc5ccc6c7ccccc7n4c6c53)c2s1. The third kappa shape index (κ3) is 3.03. The number of rotatable bonds is 2. The number of nitrogens with zero attached hydrogens (tertiary/aromatic N) is 3. The fourth-order valence-corrected chi connectivity index (χ4v) is 10.7. The number of nitriles is 2. The summed E-state index contributed by atoms with van der Waals surface area (Å²) in [7, 11) is 0. The molecule has 0 bridgehead atoms. The molecule has 6 heterocycles. The lowest BCUT2D eigenvalue weighted by atomic mass is 9.99. The van der Waals surface area contributed by atoms with E-state index in [2.05, 4.69) is 71.1 Å². The van der Waals surface area contributed by atoms with Crippen LogP contribution in [-0.2, 0) is 4.74 Å². The van der Waals surface area contributed by atoms with Crippen molar-refractivity contribution in [2.45, 2.75) is 19.4 Å². The topological polar surface area (TPSA) is 61.2 Å². The Morgan fingerprint density at radius 1 is 0.833 bits per heavy atom. The molecule has 1 aliphatic rings. The highest BCUT2D eigenvalue weighted by molar-refractivity contribution is 7.41. The van der Waals surface area contributed by atoms with Crippen molar-refractivity contribution < 1.29 is 4.74 Å². The van der Waals surface area contributed by atoms with E-state index in [9.17, 15) is 10.5 Å². The van der Waals surface area contributed by atoms with Gasteiger partial charge in [-0.15, -0.1) is 34.0 Å². The van der Waals surface area contributed by atoms with Gasteiger partial charge in [0.15, 0.2) is 5.57 Å². The Kier molecular flexibility index (Phi) is 4.69. The van der Waals surface area contributed by atoms with Crippen LogP contribution in [0.4, 0.5) is 0 Å². The Hall–Kier alpha value is -4.66. The van der Waals surface area contributed by atoms with Crippen LogP contribution in [0.3, 0.4) is 0 Å². The van der Waals surface area contributed by atoms with Crippen molar-refractivity contribution in [2.24, 2.45) is 0 Å². The highest BCUT2D eigenvalue weighted by Crippen LogP contribution is 2.52. The third-order valence-corrected chi connectivity index (χ3v) is 12.2. The zero-order valence-corrected chi connectivity index (χ0v) is 24.9. The number of thiophene rings is 3. The molecule has 0 spiro atoms. The lowest BCUT2D eigenvalue weighted by Gasteiger charge is -2.20. The smallest absolute Gasteiger partial charge is 0.171 e. The predicted molar refractivity (Wildman–Crippen MR) is 178 cm³/mol. The Morgan fingerprint density at radius 3 is 2.52 bits per heavy atom. The number of hydrogen-bond acceptors (Lipinski definition) is 6. The van der Waals surface area contributed by atoms with E-state index in [-0.39, 0.29) is 5.57 Å². The molecule has 1 aliphatic heterocycles. The third-order valence-electron chi connectivity index (χ3n) is 8.37. The summed E-state index contributed by atoms with van der Waals surface area (Å²) in [6, 6.07) is 26.2. The highest BCUT2D eigenvalue weighted by Gasteiger charge is 2.32. The van der Waals surface area contributed by atoms with Crippen LogP contribution in [0.5, 0.6) is 0 Å². The molecule has 0 N–H and O–H groups in total. The zero-order valence-electron chi connectivity index (χ0n) is 22.5. The van der Waals surface area contributed by atoms with Crippen molar-refractivity contribution in [3.8, 4) is 12.1 Å². The molecule has 0 atom stereocenters. The first-order valence-electron chi connectivity index (χ1n) is 13.5. The van der Waals surface area contributed by atoms with E-state index in [0.29, 0.717) is 5.76 Å². The first kappa shape index (κ1) is 24.0. The first-order chi connectivity index (χ1) is 20.5. The van der Waals surface area contributed by atoms with Crippen LogP contribution >= 0.6 is 34.0 Å². The summed E-state index contributed by atoms with van der Waals surface area (Å²) in [5, 5.41) is 26.5. The van der Waals surface area contributed by atoms with E-state index in [1.807, 2.05) is 66.1 Å². The van der Waals surface area contributed by atoms with Gasteiger partial charge in [-0.3, -0.25) is 4.40 Å². The molecule has 0 fully saturated rings. The molecule has 0 saturated heterocycles. The molecule has 4 nitrogen and oxygen atoms in total. The molecule has 0 amide bonds. The maximum absolute atomic E-state index is 9.28. The van der Waals surface area contributed by atoms with Gasteiger partial charge < -0.3 is 4.74 Å². The van der Waals surface area contributed by atoms with Crippen molar-refractivity contribution in [2.75, 3.05) is 0 Å². The Balaban J connectivity index is 1.27. The Morgan fingerprint density at radius 2 is 1.67 bits per heavy atom. The summed E-state index contributed by atoms with van der Waals surface area (Å²) in [6.45, 7) is 3.91. The predicted octanol–water partition coefficient (Wildman–Crippen LogP) is 10.5. The van der Waals surface area contributed by atoms with Gasteiger partial charge in [0.05, 0.1) is 25.1 Å². The number of allylic oxidation sites excluding steroid dienone is 2. The monoisotopic (exact) mass is 593 g/mol. The van der Waals surface area contributed by atoms with Crippen LogP contribution in [0, 0.1) is 22.7 Å². The van der Waals surface area contributed by atoms with Crippen molar-refractivity contribution in [1.29, 1.82) is 10.5 Å². The van der Waals surface area contributed by atoms with Gasteiger partial charge in [-0.25, -0.2) is 0 Å². The second-order valence-corrected chi connectivity index (χ2v) is 14.2. The molecule has 7 heteroatoms. The average Bonchev–Trinajstić information content (AvgIpc) is 3.77. The quantitative estimate of drug-likeness (QED) is 0.187. The van der Waals surface area contributed by atoms with E-state index in [1.54, 1.807) is 6.08 Å². The first-order valence-corrected chi connectivity index (χ1v) is 16.0. The summed E-state index contributed by atoms with van der Waals surface area (Å²) in [5.74, 6) is 0.338. The molecule has 0 radical (unpaired) electrons. The minimum Gasteiger partial charge on any atom is -0.481 e. The average molecular weight is 594 g/mol. The second kappa shape index (κ2) is 8.21. The fourth-order valence-electron chi connectivity index (χ4n) is 6.47. The second-order valence-electron chi connectivity index (χ2n) is 11.1. The van der Waals surface area contributed by atoms with Gasteiger partial charge in [0, 0.05) is 31.1 Å². The lowest BCUT2D eigenvalue weighted by molar-refractivity contribution is 0.0959. The molecule has 8 aromatic rings. The van der Waals surface area contributed by atoms with Crippen LogP contribution in [-0.4, -0.2) is 10.0 Å². The number of benzene rings is 3. The van der Waals surface area contributed by atoms with Crippen LogP contribution in [0.2, 0.25) is 0 Å². The molecular weight excluding hydrogens is 575 g/mol. The van der Waals surface area contributed by atoms with E-state index in [0.717, 1.165) is 5.57 Å². The summed E-state index contributed by atoms with van der Waals surface area (Å²) < 4.78 is 13.8. The van der Waals surface area contributed by atoms with Gasteiger partial charge in [-0.05, 0) is 54.5 Å².